The van der Waals surface area contributed by atoms with Gasteiger partial charge in [0.1, 0.15) is 5.75 Å². The Bertz CT molecular complexity index is 1020. The van der Waals surface area contributed by atoms with Gasteiger partial charge >= 0.3 is 0 Å². The van der Waals surface area contributed by atoms with Crippen molar-refractivity contribution in [1.82, 2.24) is 9.88 Å². The van der Waals surface area contributed by atoms with Crippen molar-refractivity contribution in [2.24, 2.45) is 0 Å². The van der Waals surface area contributed by atoms with Gasteiger partial charge in [-0.25, -0.2) is 4.98 Å². The predicted octanol–water partition coefficient (Wildman–Crippen LogP) is 3.32. The van der Waals surface area contributed by atoms with E-state index in [0.29, 0.717) is 39.2 Å². The highest BCUT2D eigenvalue weighted by Gasteiger charge is 2.23. The summed E-state index contributed by atoms with van der Waals surface area (Å²) < 4.78 is 6.40. The molecule has 1 amide bonds. The Labute approximate surface area is 171 Å². The van der Waals surface area contributed by atoms with Gasteiger partial charge < -0.3 is 14.5 Å². The van der Waals surface area contributed by atoms with Crippen LogP contribution in [0.2, 0.25) is 0 Å². The lowest BCUT2D eigenvalue weighted by Gasteiger charge is -2.34. The molecular formula is C20H20N4O4S. The smallest absolute Gasteiger partial charge is 0.270 e. The van der Waals surface area contributed by atoms with Crippen LogP contribution in [0.3, 0.4) is 0 Å². The van der Waals surface area contributed by atoms with Crippen molar-refractivity contribution < 1.29 is 14.5 Å². The molecule has 0 bridgehead atoms. The number of fused-ring (bicyclic) bond motifs is 1. The minimum Gasteiger partial charge on any atom is -0.493 e. The summed E-state index contributed by atoms with van der Waals surface area (Å²) in [6.45, 7) is 2.99. The molecule has 150 valence electrons. The number of nitro groups is 1. The van der Waals surface area contributed by atoms with Gasteiger partial charge in [-0.05, 0) is 18.2 Å². The molecule has 0 unspecified atom stereocenters. The Morgan fingerprint density at radius 1 is 1.14 bits per heavy atom. The minimum atomic E-state index is -0.398. The van der Waals surface area contributed by atoms with Crippen molar-refractivity contribution in [1.29, 1.82) is 0 Å². The van der Waals surface area contributed by atoms with Crippen LogP contribution < -0.4 is 9.64 Å². The number of carbonyl (C=O) groups excluding carboxylic acids is 1. The molecule has 0 saturated carbocycles. The number of thiazole rings is 1. The summed E-state index contributed by atoms with van der Waals surface area (Å²) >= 11 is 1.44. The second kappa shape index (κ2) is 8.44. The lowest BCUT2D eigenvalue weighted by atomic mass is 10.3. The van der Waals surface area contributed by atoms with Crippen LogP contribution in [-0.2, 0) is 4.79 Å². The average Bonchev–Trinajstić information content (AvgIpc) is 3.18. The number of hydrogen-bond acceptors (Lipinski definition) is 7. The molecule has 1 aliphatic heterocycles. The number of amides is 1. The van der Waals surface area contributed by atoms with Gasteiger partial charge in [0.15, 0.2) is 5.13 Å². The fourth-order valence-electron chi connectivity index (χ4n) is 3.23. The molecule has 1 aromatic heterocycles. The molecule has 0 spiro atoms. The number of aromatic nitrogens is 1. The van der Waals surface area contributed by atoms with E-state index < -0.39 is 4.92 Å². The highest BCUT2D eigenvalue weighted by atomic mass is 32.1. The molecule has 0 aliphatic carbocycles. The SMILES string of the molecule is O=C(CCOc1ccccc1)N1CCN(c2nc3ccc([N+](=O)[O-])cc3s2)CC1. The Morgan fingerprint density at radius 2 is 1.90 bits per heavy atom. The lowest BCUT2D eigenvalue weighted by molar-refractivity contribution is -0.384. The largest absolute Gasteiger partial charge is 0.493 e. The quantitative estimate of drug-likeness (QED) is 0.456. The fourth-order valence-corrected chi connectivity index (χ4v) is 4.28. The third-order valence-corrected chi connectivity index (χ3v) is 5.88. The lowest BCUT2D eigenvalue weighted by Crippen LogP contribution is -2.49. The van der Waals surface area contributed by atoms with E-state index in [0.717, 1.165) is 21.1 Å². The summed E-state index contributed by atoms with van der Waals surface area (Å²) in [4.78, 5) is 31.5. The van der Waals surface area contributed by atoms with Gasteiger partial charge in [0.2, 0.25) is 5.91 Å². The minimum absolute atomic E-state index is 0.0702. The number of piperazine rings is 1. The first-order valence-electron chi connectivity index (χ1n) is 9.36. The van der Waals surface area contributed by atoms with E-state index in [1.807, 2.05) is 35.2 Å². The molecule has 0 radical (unpaired) electrons. The van der Waals surface area contributed by atoms with Crippen LogP contribution >= 0.6 is 11.3 Å². The summed E-state index contributed by atoms with van der Waals surface area (Å²) in [5, 5.41) is 11.8. The Hall–Kier alpha value is -3.20. The van der Waals surface area contributed by atoms with E-state index in [4.69, 9.17) is 4.74 Å². The third-order valence-electron chi connectivity index (χ3n) is 4.80. The van der Waals surface area contributed by atoms with Crippen LogP contribution in [0.5, 0.6) is 5.75 Å². The van der Waals surface area contributed by atoms with E-state index in [9.17, 15) is 14.9 Å². The Kier molecular flexibility index (Phi) is 5.57. The number of ether oxygens (including phenoxy) is 1. The normalized spacial score (nSPS) is 14.2. The van der Waals surface area contributed by atoms with E-state index in [-0.39, 0.29) is 11.6 Å². The maximum absolute atomic E-state index is 12.4. The molecule has 2 aromatic carbocycles. The van der Waals surface area contributed by atoms with Crippen LogP contribution in [0.4, 0.5) is 10.8 Å². The zero-order valence-electron chi connectivity index (χ0n) is 15.7. The molecule has 9 heteroatoms. The highest BCUT2D eigenvalue weighted by molar-refractivity contribution is 7.22. The maximum Gasteiger partial charge on any atom is 0.270 e. The number of anilines is 1. The van der Waals surface area contributed by atoms with Crippen LogP contribution in [-0.4, -0.2) is 53.5 Å². The maximum atomic E-state index is 12.4. The number of rotatable bonds is 6. The van der Waals surface area contributed by atoms with Gasteiger partial charge in [0.05, 0.1) is 28.2 Å². The van der Waals surface area contributed by atoms with Crippen molar-refractivity contribution in [2.75, 3.05) is 37.7 Å². The van der Waals surface area contributed by atoms with Gasteiger partial charge in [-0.15, -0.1) is 0 Å². The fraction of sp³-hybridized carbons (Fsp3) is 0.300. The zero-order chi connectivity index (χ0) is 20.2. The number of nitro benzene ring substituents is 1. The van der Waals surface area contributed by atoms with Gasteiger partial charge in [-0.3, -0.25) is 14.9 Å². The molecule has 0 atom stereocenters. The number of benzene rings is 2. The van der Waals surface area contributed by atoms with Crippen LogP contribution in [0.25, 0.3) is 10.2 Å². The molecule has 2 heterocycles. The molecular weight excluding hydrogens is 392 g/mol. The van der Waals surface area contributed by atoms with Crippen molar-refractivity contribution in [3.63, 3.8) is 0 Å². The average molecular weight is 412 g/mol. The predicted molar refractivity (Wildman–Crippen MR) is 112 cm³/mol. The molecule has 29 heavy (non-hydrogen) atoms. The number of nitrogens with zero attached hydrogens (tertiary/aromatic N) is 4. The van der Waals surface area contributed by atoms with Crippen molar-refractivity contribution in [3.05, 3.63) is 58.6 Å². The number of para-hydroxylation sites is 1. The summed E-state index contributed by atoms with van der Waals surface area (Å²) in [5.41, 5.74) is 0.827. The van der Waals surface area contributed by atoms with E-state index >= 15 is 0 Å². The van der Waals surface area contributed by atoms with Gasteiger partial charge in [0, 0.05) is 38.3 Å². The summed E-state index contributed by atoms with van der Waals surface area (Å²) in [6, 6.07) is 14.2. The van der Waals surface area contributed by atoms with Crippen LogP contribution in [0.15, 0.2) is 48.5 Å². The summed E-state index contributed by atoms with van der Waals surface area (Å²) in [7, 11) is 0. The second-order valence-corrected chi connectivity index (χ2v) is 7.69. The van der Waals surface area contributed by atoms with E-state index in [2.05, 4.69) is 9.88 Å². The zero-order valence-corrected chi connectivity index (χ0v) is 16.5. The number of hydrogen-bond donors (Lipinski definition) is 0. The molecule has 3 aromatic rings. The van der Waals surface area contributed by atoms with Crippen molar-refractivity contribution >= 4 is 38.3 Å². The standard InChI is InChI=1S/C20H20N4O4S/c25-19(8-13-28-16-4-2-1-3-5-16)22-9-11-23(12-10-22)20-21-17-7-6-15(24(26)27)14-18(17)29-20/h1-7,14H,8-13H2. The van der Waals surface area contributed by atoms with Crippen LogP contribution in [0.1, 0.15) is 6.42 Å². The first-order valence-corrected chi connectivity index (χ1v) is 10.2. The summed E-state index contributed by atoms with van der Waals surface area (Å²) in [5.74, 6) is 0.849. The second-order valence-electron chi connectivity index (χ2n) is 6.68. The molecule has 8 nitrogen and oxygen atoms in total. The molecule has 0 N–H and O–H groups in total. The van der Waals surface area contributed by atoms with Crippen molar-refractivity contribution in [2.45, 2.75) is 6.42 Å². The van der Waals surface area contributed by atoms with Gasteiger partial charge in [-0.2, -0.15) is 0 Å². The molecule has 1 fully saturated rings. The van der Waals surface area contributed by atoms with Gasteiger partial charge in [-0.1, -0.05) is 29.5 Å². The Balaban J connectivity index is 1.30. The first kappa shape index (κ1) is 19.1. The molecule has 1 aliphatic rings. The van der Waals surface area contributed by atoms with Gasteiger partial charge in [0.25, 0.3) is 5.69 Å². The van der Waals surface area contributed by atoms with E-state index in [1.54, 1.807) is 12.1 Å². The van der Waals surface area contributed by atoms with Crippen LogP contribution in [0, 0.1) is 10.1 Å². The topological polar surface area (TPSA) is 88.8 Å². The number of carbonyl (C=O) groups is 1. The third kappa shape index (κ3) is 4.45. The first-order chi connectivity index (χ1) is 14.1. The highest BCUT2D eigenvalue weighted by Crippen LogP contribution is 2.31. The summed E-state index contributed by atoms with van der Waals surface area (Å²) in [6.07, 6.45) is 0.347. The van der Waals surface area contributed by atoms with Crippen molar-refractivity contribution in [3.8, 4) is 5.75 Å². The molecule has 1 saturated heterocycles. The molecule has 4 rings (SSSR count). The Morgan fingerprint density at radius 3 is 2.62 bits per heavy atom. The monoisotopic (exact) mass is 412 g/mol. The number of non-ortho nitro benzene ring substituents is 1. The van der Waals surface area contributed by atoms with E-state index in [1.165, 1.54) is 17.4 Å².